The van der Waals surface area contributed by atoms with Gasteiger partial charge >= 0.3 is 0 Å². The molecule has 7 heteroatoms. The number of nitrogens with two attached hydrogens (primary N) is 1. The van der Waals surface area contributed by atoms with E-state index in [1.807, 2.05) is 54.6 Å². The second kappa shape index (κ2) is 7.52. The Morgan fingerprint density at radius 3 is 2.52 bits per heavy atom. The largest absolute Gasteiger partial charge is 0.457 e. The standard InChI is InChI=1S/C22H22N6O/c23-20-18-19(14-8-10-17(11-9-14)29-16-6-2-1-3-7-16)27-28-22(18)26-21(25-20)15-5-4-12-24-13-15/h1-3,6-11,15,24H,4-5,12-13H2,(H3,23,25,26,27,28). The predicted molar refractivity (Wildman–Crippen MR) is 113 cm³/mol. The van der Waals surface area contributed by atoms with E-state index < -0.39 is 0 Å². The first-order valence-corrected chi connectivity index (χ1v) is 9.83. The van der Waals surface area contributed by atoms with E-state index >= 15 is 0 Å². The third-order valence-corrected chi connectivity index (χ3v) is 5.24. The van der Waals surface area contributed by atoms with E-state index in [2.05, 4.69) is 25.5 Å². The highest BCUT2D eigenvalue weighted by atomic mass is 16.5. The van der Waals surface area contributed by atoms with Gasteiger partial charge in [-0.2, -0.15) is 5.10 Å². The Balaban J connectivity index is 1.44. The summed E-state index contributed by atoms with van der Waals surface area (Å²) in [5, 5.41) is 11.6. The van der Waals surface area contributed by atoms with Gasteiger partial charge in [0.1, 0.15) is 23.1 Å². The highest BCUT2D eigenvalue weighted by Gasteiger charge is 2.21. The summed E-state index contributed by atoms with van der Waals surface area (Å²) < 4.78 is 5.86. The van der Waals surface area contributed by atoms with Crippen LogP contribution in [0, 0.1) is 0 Å². The molecule has 0 amide bonds. The molecule has 3 heterocycles. The van der Waals surface area contributed by atoms with Gasteiger partial charge < -0.3 is 15.8 Å². The summed E-state index contributed by atoms with van der Waals surface area (Å²) in [6, 6.07) is 17.5. The fraction of sp³-hybridized carbons (Fsp3) is 0.227. The van der Waals surface area contributed by atoms with E-state index in [9.17, 15) is 0 Å². The maximum absolute atomic E-state index is 6.32. The zero-order chi connectivity index (χ0) is 19.6. The lowest BCUT2D eigenvalue weighted by molar-refractivity contribution is 0.447. The van der Waals surface area contributed by atoms with Gasteiger partial charge in [0, 0.05) is 18.0 Å². The molecule has 2 aromatic heterocycles. The number of ether oxygens (including phenoxy) is 1. The number of benzene rings is 2. The molecule has 146 valence electrons. The number of rotatable bonds is 4. The number of H-pyrrole nitrogens is 1. The van der Waals surface area contributed by atoms with Crippen LogP contribution < -0.4 is 15.8 Å². The third-order valence-electron chi connectivity index (χ3n) is 5.24. The Labute approximate surface area is 168 Å². The zero-order valence-electron chi connectivity index (χ0n) is 15.9. The van der Waals surface area contributed by atoms with Gasteiger partial charge in [-0.05, 0) is 55.8 Å². The van der Waals surface area contributed by atoms with E-state index in [1.54, 1.807) is 0 Å². The number of anilines is 1. The minimum Gasteiger partial charge on any atom is -0.457 e. The molecule has 0 bridgehead atoms. The molecule has 5 rings (SSSR count). The van der Waals surface area contributed by atoms with E-state index in [-0.39, 0.29) is 5.92 Å². The minimum absolute atomic E-state index is 0.282. The lowest BCUT2D eigenvalue weighted by Gasteiger charge is -2.21. The van der Waals surface area contributed by atoms with Crippen molar-refractivity contribution in [3.63, 3.8) is 0 Å². The second-order valence-electron chi connectivity index (χ2n) is 7.25. The predicted octanol–water partition coefficient (Wildman–Crippen LogP) is 3.86. The molecular formula is C22H22N6O. The quantitative estimate of drug-likeness (QED) is 0.492. The van der Waals surface area contributed by atoms with Gasteiger partial charge in [-0.15, -0.1) is 0 Å². The number of nitrogen functional groups attached to an aromatic ring is 1. The fourth-order valence-corrected chi connectivity index (χ4v) is 3.75. The van der Waals surface area contributed by atoms with Crippen molar-refractivity contribution in [3.8, 4) is 22.8 Å². The van der Waals surface area contributed by atoms with Crippen molar-refractivity contribution in [3.05, 3.63) is 60.4 Å². The first kappa shape index (κ1) is 17.6. The zero-order valence-corrected chi connectivity index (χ0v) is 15.9. The molecular weight excluding hydrogens is 364 g/mol. The number of fused-ring (bicyclic) bond motifs is 1. The lowest BCUT2D eigenvalue weighted by atomic mass is 9.98. The van der Waals surface area contributed by atoms with E-state index in [4.69, 9.17) is 10.5 Å². The van der Waals surface area contributed by atoms with Crippen molar-refractivity contribution >= 4 is 16.9 Å². The summed E-state index contributed by atoms with van der Waals surface area (Å²) in [4.78, 5) is 9.28. The first-order valence-electron chi connectivity index (χ1n) is 9.83. The van der Waals surface area contributed by atoms with Crippen molar-refractivity contribution < 1.29 is 4.74 Å². The van der Waals surface area contributed by atoms with Crippen molar-refractivity contribution in [2.75, 3.05) is 18.8 Å². The number of piperidine rings is 1. The molecule has 0 spiro atoms. The summed E-state index contributed by atoms with van der Waals surface area (Å²) in [5.74, 6) is 3.08. The van der Waals surface area contributed by atoms with E-state index in [1.165, 1.54) is 0 Å². The molecule has 1 atom stereocenters. The van der Waals surface area contributed by atoms with Crippen LogP contribution in [0.4, 0.5) is 5.82 Å². The summed E-state index contributed by atoms with van der Waals surface area (Å²) in [6.07, 6.45) is 2.19. The molecule has 1 saturated heterocycles. The van der Waals surface area contributed by atoms with E-state index in [0.717, 1.165) is 59.9 Å². The van der Waals surface area contributed by atoms with Gasteiger partial charge in [0.05, 0.1) is 11.1 Å². The average molecular weight is 386 g/mol. The topological polar surface area (TPSA) is 102 Å². The van der Waals surface area contributed by atoms with Crippen molar-refractivity contribution in [2.45, 2.75) is 18.8 Å². The molecule has 1 aliphatic rings. The molecule has 4 aromatic rings. The smallest absolute Gasteiger partial charge is 0.187 e. The monoisotopic (exact) mass is 386 g/mol. The fourth-order valence-electron chi connectivity index (χ4n) is 3.75. The molecule has 2 aromatic carbocycles. The Morgan fingerprint density at radius 1 is 0.966 bits per heavy atom. The lowest BCUT2D eigenvalue weighted by Crippen LogP contribution is -2.29. The van der Waals surface area contributed by atoms with Gasteiger partial charge in [0.15, 0.2) is 5.65 Å². The molecule has 0 radical (unpaired) electrons. The number of hydrogen-bond donors (Lipinski definition) is 3. The minimum atomic E-state index is 0.282. The van der Waals surface area contributed by atoms with Crippen molar-refractivity contribution in [2.24, 2.45) is 0 Å². The van der Waals surface area contributed by atoms with Crippen molar-refractivity contribution in [1.82, 2.24) is 25.5 Å². The number of aromatic nitrogens is 4. The SMILES string of the molecule is Nc1nc(C2CCCNC2)nc2n[nH]c(-c3ccc(Oc4ccccc4)cc3)c12. The number of nitrogens with one attached hydrogen (secondary N) is 2. The van der Waals surface area contributed by atoms with Gasteiger partial charge in [-0.3, -0.25) is 5.10 Å². The van der Waals surface area contributed by atoms with Crippen molar-refractivity contribution in [1.29, 1.82) is 0 Å². The Kier molecular flexibility index (Phi) is 4.57. The summed E-state index contributed by atoms with van der Waals surface area (Å²) in [5.41, 5.74) is 8.70. The van der Waals surface area contributed by atoms with Crippen LogP contribution in [0.3, 0.4) is 0 Å². The van der Waals surface area contributed by atoms with Crippen LogP contribution in [0.1, 0.15) is 24.6 Å². The number of aromatic amines is 1. The number of para-hydroxylation sites is 1. The molecule has 1 unspecified atom stereocenters. The number of nitrogens with zero attached hydrogens (tertiary/aromatic N) is 3. The average Bonchev–Trinajstić information content (AvgIpc) is 3.20. The molecule has 4 N–H and O–H groups in total. The Bertz CT molecular complexity index is 1120. The van der Waals surface area contributed by atoms with Crippen LogP contribution in [-0.2, 0) is 0 Å². The Hall–Kier alpha value is -3.45. The van der Waals surface area contributed by atoms with Gasteiger partial charge in [-0.25, -0.2) is 9.97 Å². The highest BCUT2D eigenvalue weighted by molar-refractivity contribution is 5.98. The van der Waals surface area contributed by atoms with Crippen LogP contribution in [0.15, 0.2) is 54.6 Å². The van der Waals surface area contributed by atoms with Crippen LogP contribution in [0.2, 0.25) is 0 Å². The summed E-state index contributed by atoms with van der Waals surface area (Å²) in [6.45, 7) is 1.93. The highest BCUT2D eigenvalue weighted by Crippen LogP contribution is 2.32. The summed E-state index contributed by atoms with van der Waals surface area (Å²) in [7, 11) is 0. The van der Waals surface area contributed by atoms with Crippen LogP contribution in [-0.4, -0.2) is 33.3 Å². The molecule has 0 aliphatic carbocycles. The molecule has 29 heavy (non-hydrogen) atoms. The van der Waals surface area contributed by atoms with Gasteiger partial charge in [-0.1, -0.05) is 18.2 Å². The maximum atomic E-state index is 6.32. The normalized spacial score (nSPS) is 16.8. The molecule has 1 aliphatic heterocycles. The first-order chi connectivity index (χ1) is 14.3. The second-order valence-corrected chi connectivity index (χ2v) is 7.25. The number of hydrogen-bond acceptors (Lipinski definition) is 6. The molecule has 1 fully saturated rings. The Morgan fingerprint density at radius 2 is 1.76 bits per heavy atom. The van der Waals surface area contributed by atoms with Gasteiger partial charge in [0.2, 0.25) is 0 Å². The maximum Gasteiger partial charge on any atom is 0.187 e. The summed E-state index contributed by atoms with van der Waals surface area (Å²) >= 11 is 0. The van der Waals surface area contributed by atoms with Crippen LogP contribution in [0.25, 0.3) is 22.3 Å². The van der Waals surface area contributed by atoms with Crippen LogP contribution in [0.5, 0.6) is 11.5 Å². The van der Waals surface area contributed by atoms with Gasteiger partial charge in [0.25, 0.3) is 0 Å². The van der Waals surface area contributed by atoms with Crippen LogP contribution >= 0.6 is 0 Å². The van der Waals surface area contributed by atoms with E-state index in [0.29, 0.717) is 11.5 Å². The third kappa shape index (κ3) is 3.52. The molecule has 7 nitrogen and oxygen atoms in total. The molecule has 0 saturated carbocycles.